The van der Waals surface area contributed by atoms with Crippen LogP contribution in [0.3, 0.4) is 0 Å². The Hall–Kier alpha value is -0.890. The van der Waals surface area contributed by atoms with Gasteiger partial charge in [0.1, 0.15) is 5.82 Å². The quantitative estimate of drug-likeness (QED) is 0.856. The zero-order chi connectivity index (χ0) is 13.0. The summed E-state index contributed by atoms with van der Waals surface area (Å²) in [6, 6.07) is 7.51. The highest BCUT2D eigenvalue weighted by Gasteiger charge is 2.24. The molecule has 1 N–H and O–H groups in total. The van der Waals surface area contributed by atoms with E-state index in [2.05, 4.69) is 19.2 Å². The van der Waals surface area contributed by atoms with Crippen molar-refractivity contribution in [3.05, 3.63) is 35.6 Å². The molecule has 0 amide bonds. The Kier molecular flexibility index (Phi) is 4.76. The molecule has 1 fully saturated rings. The van der Waals surface area contributed by atoms with Gasteiger partial charge in [-0.1, -0.05) is 26.0 Å². The first-order valence-electron chi connectivity index (χ1n) is 7.13. The molecule has 100 valence electrons. The Labute approximate surface area is 110 Å². The van der Waals surface area contributed by atoms with Crippen LogP contribution in [-0.4, -0.2) is 12.6 Å². The van der Waals surface area contributed by atoms with Gasteiger partial charge in [-0.2, -0.15) is 0 Å². The molecule has 2 heteroatoms. The van der Waals surface area contributed by atoms with Gasteiger partial charge in [-0.15, -0.1) is 0 Å². The number of benzene rings is 1. The minimum absolute atomic E-state index is 0.151. The summed E-state index contributed by atoms with van der Waals surface area (Å²) in [5.41, 5.74) is 1.21. The fourth-order valence-corrected chi connectivity index (χ4v) is 3.02. The van der Waals surface area contributed by atoms with Gasteiger partial charge in [-0.3, -0.25) is 0 Å². The summed E-state index contributed by atoms with van der Waals surface area (Å²) in [5, 5.41) is 3.66. The average Bonchev–Trinajstić information content (AvgIpc) is 2.34. The van der Waals surface area contributed by atoms with Crippen molar-refractivity contribution in [2.24, 2.45) is 11.8 Å². The minimum Gasteiger partial charge on any atom is -0.313 e. The summed E-state index contributed by atoms with van der Waals surface area (Å²) in [7, 11) is 0. The second-order valence-corrected chi connectivity index (χ2v) is 5.83. The van der Waals surface area contributed by atoms with Gasteiger partial charge >= 0.3 is 0 Å². The number of hydrogen-bond acceptors (Lipinski definition) is 1. The lowest BCUT2D eigenvalue weighted by Gasteiger charge is -2.33. The van der Waals surface area contributed by atoms with E-state index < -0.39 is 0 Å². The van der Waals surface area contributed by atoms with Crippen molar-refractivity contribution in [1.29, 1.82) is 0 Å². The van der Waals surface area contributed by atoms with E-state index in [1.807, 2.05) is 12.1 Å². The van der Waals surface area contributed by atoms with Gasteiger partial charge in [-0.05, 0) is 61.8 Å². The molecule has 0 saturated heterocycles. The molecule has 0 bridgehead atoms. The van der Waals surface area contributed by atoms with Crippen LogP contribution in [0.4, 0.5) is 4.39 Å². The molecule has 3 unspecified atom stereocenters. The third-order valence-electron chi connectivity index (χ3n) is 4.16. The van der Waals surface area contributed by atoms with Gasteiger partial charge in [0.15, 0.2) is 0 Å². The molecule has 1 aliphatic carbocycles. The summed E-state index contributed by atoms with van der Waals surface area (Å²) < 4.78 is 12.8. The van der Waals surface area contributed by atoms with Crippen molar-refractivity contribution in [3.63, 3.8) is 0 Å². The Morgan fingerprint density at radius 2 is 1.89 bits per heavy atom. The van der Waals surface area contributed by atoms with E-state index in [0.29, 0.717) is 6.04 Å². The summed E-state index contributed by atoms with van der Waals surface area (Å²) in [5.74, 6) is 1.51. The zero-order valence-electron chi connectivity index (χ0n) is 11.5. The lowest BCUT2D eigenvalue weighted by molar-refractivity contribution is 0.229. The highest BCUT2D eigenvalue weighted by Crippen LogP contribution is 2.28. The van der Waals surface area contributed by atoms with Crippen LogP contribution in [0.5, 0.6) is 0 Å². The first-order chi connectivity index (χ1) is 8.65. The molecule has 2 rings (SSSR count). The Balaban J connectivity index is 1.73. The van der Waals surface area contributed by atoms with Crippen LogP contribution in [0.1, 0.15) is 38.7 Å². The Morgan fingerprint density at radius 1 is 1.17 bits per heavy atom. The van der Waals surface area contributed by atoms with Crippen molar-refractivity contribution in [3.8, 4) is 0 Å². The van der Waals surface area contributed by atoms with E-state index in [1.54, 1.807) is 12.1 Å². The molecular weight excluding hydrogens is 225 g/mol. The van der Waals surface area contributed by atoms with Crippen LogP contribution >= 0.6 is 0 Å². The third kappa shape index (κ3) is 3.81. The SMILES string of the molecule is CC1CCC(NCCc2ccc(F)cc2)C(C)C1. The second kappa shape index (κ2) is 6.33. The van der Waals surface area contributed by atoms with Crippen LogP contribution in [-0.2, 0) is 6.42 Å². The van der Waals surface area contributed by atoms with Crippen LogP contribution < -0.4 is 5.32 Å². The van der Waals surface area contributed by atoms with Crippen LogP contribution in [0.15, 0.2) is 24.3 Å². The molecule has 0 spiro atoms. The summed E-state index contributed by atoms with van der Waals surface area (Å²) in [4.78, 5) is 0. The number of halogens is 1. The van der Waals surface area contributed by atoms with E-state index >= 15 is 0 Å². The maximum Gasteiger partial charge on any atom is 0.123 e. The van der Waals surface area contributed by atoms with Crippen molar-refractivity contribution in [1.82, 2.24) is 5.32 Å². The predicted octanol–water partition coefficient (Wildman–Crippen LogP) is 3.78. The van der Waals surface area contributed by atoms with Gasteiger partial charge in [0, 0.05) is 6.04 Å². The van der Waals surface area contributed by atoms with Gasteiger partial charge in [0.05, 0.1) is 0 Å². The molecule has 1 aromatic rings. The maximum atomic E-state index is 12.8. The minimum atomic E-state index is -0.151. The maximum absolute atomic E-state index is 12.8. The lowest BCUT2D eigenvalue weighted by Crippen LogP contribution is -2.39. The van der Waals surface area contributed by atoms with Crippen LogP contribution in [0.25, 0.3) is 0 Å². The van der Waals surface area contributed by atoms with E-state index in [4.69, 9.17) is 0 Å². The predicted molar refractivity (Wildman–Crippen MR) is 74.1 cm³/mol. The third-order valence-corrected chi connectivity index (χ3v) is 4.16. The van der Waals surface area contributed by atoms with Crippen molar-refractivity contribution >= 4 is 0 Å². The first kappa shape index (κ1) is 13.5. The fraction of sp³-hybridized carbons (Fsp3) is 0.625. The van der Waals surface area contributed by atoms with Gasteiger partial charge in [-0.25, -0.2) is 4.39 Å². The normalized spacial score (nSPS) is 28.3. The number of nitrogens with one attached hydrogen (secondary N) is 1. The van der Waals surface area contributed by atoms with Crippen molar-refractivity contribution < 1.29 is 4.39 Å². The number of rotatable bonds is 4. The molecule has 0 radical (unpaired) electrons. The van der Waals surface area contributed by atoms with Gasteiger partial charge in [0.25, 0.3) is 0 Å². The van der Waals surface area contributed by atoms with E-state index in [1.165, 1.54) is 24.8 Å². The molecule has 18 heavy (non-hydrogen) atoms. The van der Waals surface area contributed by atoms with Crippen LogP contribution in [0, 0.1) is 17.7 Å². The fourth-order valence-electron chi connectivity index (χ4n) is 3.02. The summed E-state index contributed by atoms with van der Waals surface area (Å²) in [6.07, 6.45) is 4.97. The molecule has 1 saturated carbocycles. The molecular formula is C16H24FN. The largest absolute Gasteiger partial charge is 0.313 e. The standard InChI is InChI=1S/C16H24FN/c1-12-3-8-16(13(2)11-12)18-10-9-14-4-6-15(17)7-5-14/h4-7,12-13,16,18H,3,8-11H2,1-2H3. The second-order valence-electron chi connectivity index (χ2n) is 5.83. The molecule has 1 aromatic carbocycles. The summed E-state index contributed by atoms with van der Waals surface area (Å²) in [6.45, 7) is 5.70. The smallest absolute Gasteiger partial charge is 0.123 e. The highest BCUT2D eigenvalue weighted by molar-refractivity contribution is 5.16. The zero-order valence-corrected chi connectivity index (χ0v) is 11.5. The first-order valence-corrected chi connectivity index (χ1v) is 7.13. The Morgan fingerprint density at radius 3 is 2.56 bits per heavy atom. The van der Waals surface area contributed by atoms with E-state index in [-0.39, 0.29) is 5.82 Å². The lowest BCUT2D eigenvalue weighted by atomic mass is 9.80. The average molecular weight is 249 g/mol. The topological polar surface area (TPSA) is 12.0 Å². The molecule has 0 heterocycles. The Bertz CT molecular complexity index is 360. The molecule has 0 aliphatic heterocycles. The highest BCUT2D eigenvalue weighted by atomic mass is 19.1. The van der Waals surface area contributed by atoms with Crippen molar-refractivity contribution in [2.45, 2.75) is 45.6 Å². The molecule has 0 aromatic heterocycles. The van der Waals surface area contributed by atoms with E-state index in [9.17, 15) is 4.39 Å². The monoisotopic (exact) mass is 249 g/mol. The van der Waals surface area contributed by atoms with E-state index in [0.717, 1.165) is 24.8 Å². The van der Waals surface area contributed by atoms with Crippen molar-refractivity contribution in [2.75, 3.05) is 6.54 Å². The van der Waals surface area contributed by atoms with Crippen LogP contribution in [0.2, 0.25) is 0 Å². The molecule has 3 atom stereocenters. The van der Waals surface area contributed by atoms with Gasteiger partial charge < -0.3 is 5.32 Å². The molecule has 1 aliphatic rings. The number of hydrogen-bond donors (Lipinski definition) is 1. The molecule has 1 nitrogen and oxygen atoms in total. The van der Waals surface area contributed by atoms with Gasteiger partial charge in [0.2, 0.25) is 0 Å². The summed E-state index contributed by atoms with van der Waals surface area (Å²) >= 11 is 0.